The van der Waals surface area contributed by atoms with Gasteiger partial charge < -0.3 is 15.8 Å². The summed E-state index contributed by atoms with van der Waals surface area (Å²) in [4.78, 5) is 4.38. The largest absolute Gasteiger partial charge is 0.493 e. The summed E-state index contributed by atoms with van der Waals surface area (Å²) in [7, 11) is 1.89. The maximum absolute atomic E-state index is 6.00. The molecule has 0 saturated carbocycles. The van der Waals surface area contributed by atoms with Gasteiger partial charge in [-0.25, -0.2) is 4.99 Å². The zero-order chi connectivity index (χ0) is 14.7. The van der Waals surface area contributed by atoms with Gasteiger partial charge in [0.2, 0.25) is 0 Å². The Balaban J connectivity index is 1.68. The summed E-state index contributed by atoms with van der Waals surface area (Å²) in [5.74, 6) is 1.36. The van der Waals surface area contributed by atoms with Crippen LogP contribution >= 0.6 is 0 Å². The van der Waals surface area contributed by atoms with Gasteiger partial charge in [-0.1, -0.05) is 18.2 Å². The van der Waals surface area contributed by atoms with E-state index in [0.717, 1.165) is 23.4 Å². The number of hydrogen-bond donors (Lipinski definition) is 2. The van der Waals surface area contributed by atoms with Crippen LogP contribution in [0.5, 0.6) is 5.75 Å². The minimum absolute atomic E-state index is 0.144. The van der Waals surface area contributed by atoms with E-state index in [1.807, 2.05) is 31.3 Å². The fraction of sp³-hybridized carbons (Fsp3) is 0.333. The Kier molecular flexibility index (Phi) is 3.77. The maximum atomic E-state index is 6.00. The molecule has 110 valence electrons. The SMILES string of the molecule is Cn1nccc1CN=C(N)NC1CCOc2ccccc21. The molecule has 6 heteroatoms. The van der Waals surface area contributed by atoms with E-state index in [2.05, 4.69) is 21.5 Å². The van der Waals surface area contributed by atoms with Crippen molar-refractivity contribution in [1.82, 2.24) is 15.1 Å². The summed E-state index contributed by atoms with van der Waals surface area (Å²) >= 11 is 0. The number of aryl methyl sites for hydroxylation is 1. The van der Waals surface area contributed by atoms with Crippen LogP contribution in [0.15, 0.2) is 41.5 Å². The van der Waals surface area contributed by atoms with Crippen LogP contribution in [0.25, 0.3) is 0 Å². The number of nitrogens with two attached hydrogens (primary N) is 1. The average Bonchev–Trinajstić information content (AvgIpc) is 2.91. The van der Waals surface area contributed by atoms with Gasteiger partial charge >= 0.3 is 0 Å². The van der Waals surface area contributed by atoms with Crippen molar-refractivity contribution >= 4 is 5.96 Å². The molecule has 1 unspecified atom stereocenters. The monoisotopic (exact) mass is 285 g/mol. The number of rotatable bonds is 3. The highest BCUT2D eigenvalue weighted by Crippen LogP contribution is 2.31. The molecule has 0 spiro atoms. The van der Waals surface area contributed by atoms with Crippen LogP contribution in [-0.4, -0.2) is 22.3 Å². The van der Waals surface area contributed by atoms with Crippen LogP contribution < -0.4 is 15.8 Å². The zero-order valence-corrected chi connectivity index (χ0v) is 12.0. The lowest BCUT2D eigenvalue weighted by Gasteiger charge is -2.26. The molecule has 1 aliphatic rings. The summed E-state index contributed by atoms with van der Waals surface area (Å²) in [6.07, 6.45) is 2.63. The summed E-state index contributed by atoms with van der Waals surface area (Å²) in [6, 6.07) is 10.1. The molecule has 0 aliphatic carbocycles. The van der Waals surface area contributed by atoms with Crippen LogP contribution in [0.4, 0.5) is 0 Å². The molecule has 0 bridgehead atoms. The van der Waals surface area contributed by atoms with E-state index in [1.54, 1.807) is 10.9 Å². The van der Waals surface area contributed by atoms with Crippen molar-refractivity contribution < 1.29 is 4.74 Å². The normalized spacial score (nSPS) is 18.0. The lowest BCUT2D eigenvalue weighted by Crippen LogP contribution is -2.37. The third kappa shape index (κ3) is 2.99. The van der Waals surface area contributed by atoms with Crippen molar-refractivity contribution in [3.05, 3.63) is 47.8 Å². The number of para-hydroxylation sites is 1. The molecular formula is C15H19N5O. The van der Waals surface area contributed by atoms with E-state index in [0.29, 0.717) is 19.1 Å². The predicted molar refractivity (Wildman–Crippen MR) is 81.0 cm³/mol. The highest BCUT2D eigenvalue weighted by Gasteiger charge is 2.21. The Bertz CT molecular complexity index is 649. The van der Waals surface area contributed by atoms with Crippen molar-refractivity contribution in [3.63, 3.8) is 0 Å². The summed E-state index contributed by atoms with van der Waals surface area (Å²) in [6.45, 7) is 1.20. The second kappa shape index (κ2) is 5.87. The minimum atomic E-state index is 0.144. The van der Waals surface area contributed by atoms with Gasteiger partial charge in [-0.3, -0.25) is 4.68 Å². The topological polar surface area (TPSA) is 77.5 Å². The Hall–Kier alpha value is -2.50. The number of nitrogens with one attached hydrogen (secondary N) is 1. The minimum Gasteiger partial charge on any atom is -0.493 e. The van der Waals surface area contributed by atoms with Crippen molar-refractivity contribution in [3.8, 4) is 5.75 Å². The van der Waals surface area contributed by atoms with E-state index < -0.39 is 0 Å². The zero-order valence-electron chi connectivity index (χ0n) is 12.0. The molecule has 0 fully saturated rings. The quantitative estimate of drug-likeness (QED) is 0.659. The lowest BCUT2D eigenvalue weighted by atomic mass is 10.0. The number of benzene rings is 1. The van der Waals surface area contributed by atoms with Gasteiger partial charge in [-0.15, -0.1) is 0 Å². The molecule has 2 aromatic rings. The van der Waals surface area contributed by atoms with Crippen molar-refractivity contribution in [1.29, 1.82) is 0 Å². The molecule has 1 aliphatic heterocycles. The van der Waals surface area contributed by atoms with E-state index in [4.69, 9.17) is 10.5 Å². The standard InChI is InChI=1S/C15H19N5O/c1-20-11(6-8-18-20)10-17-15(16)19-13-7-9-21-14-5-3-2-4-12(13)14/h2-6,8,13H,7,9-10H2,1H3,(H3,16,17,19). The Morgan fingerprint density at radius 2 is 2.33 bits per heavy atom. The average molecular weight is 285 g/mol. The third-order valence-corrected chi connectivity index (χ3v) is 3.61. The molecule has 3 N–H and O–H groups in total. The highest BCUT2D eigenvalue weighted by molar-refractivity contribution is 5.78. The Morgan fingerprint density at radius 3 is 3.14 bits per heavy atom. The predicted octanol–water partition coefficient (Wildman–Crippen LogP) is 1.35. The van der Waals surface area contributed by atoms with E-state index in [-0.39, 0.29) is 6.04 Å². The van der Waals surface area contributed by atoms with Crippen LogP contribution in [-0.2, 0) is 13.6 Å². The van der Waals surface area contributed by atoms with Gasteiger partial charge in [-0.2, -0.15) is 5.10 Å². The first-order valence-electron chi connectivity index (χ1n) is 6.99. The van der Waals surface area contributed by atoms with E-state index in [1.165, 1.54) is 0 Å². The molecule has 21 heavy (non-hydrogen) atoms. The third-order valence-electron chi connectivity index (χ3n) is 3.61. The number of hydrogen-bond acceptors (Lipinski definition) is 3. The van der Waals surface area contributed by atoms with E-state index in [9.17, 15) is 0 Å². The van der Waals surface area contributed by atoms with Gasteiger partial charge in [0.1, 0.15) is 5.75 Å². The highest BCUT2D eigenvalue weighted by atomic mass is 16.5. The first kappa shape index (κ1) is 13.5. The van der Waals surface area contributed by atoms with Crippen LogP contribution in [0, 0.1) is 0 Å². The number of aromatic nitrogens is 2. The molecule has 1 aromatic carbocycles. The first-order valence-corrected chi connectivity index (χ1v) is 6.99. The van der Waals surface area contributed by atoms with Crippen LogP contribution in [0.2, 0.25) is 0 Å². The second-order valence-corrected chi connectivity index (χ2v) is 5.02. The molecule has 0 amide bonds. The maximum Gasteiger partial charge on any atom is 0.189 e. The number of nitrogens with zero attached hydrogens (tertiary/aromatic N) is 3. The van der Waals surface area contributed by atoms with E-state index >= 15 is 0 Å². The number of ether oxygens (including phenoxy) is 1. The van der Waals surface area contributed by atoms with Gasteiger partial charge in [0.15, 0.2) is 5.96 Å². The molecule has 0 radical (unpaired) electrons. The molecule has 1 atom stereocenters. The molecule has 2 heterocycles. The molecule has 3 rings (SSSR count). The van der Waals surface area contributed by atoms with Crippen LogP contribution in [0.3, 0.4) is 0 Å². The summed E-state index contributed by atoms with van der Waals surface area (Å²) in [5, 5.41) is 7.38. The lowest BCUT2D eigenvalue weighted by molar-refractivity contribution is 0.262. The number of fused-ring (bicyclic) bond motifs is 1. The fourth-order valence-electron chi connectivity index (χ4n) is 2.44. The van der Waals surface area contributed by atoms with Crippen molar-refractivity contribution in [2.45, 2.75) is 19.0 Å². The molecule has 0 saturated heterocycles. The first-order chi connectivity index (χ1) is 10.2. The van der Waals surface area contributed by atoms with Crippen molar-refractivity contribution in [2.24, 2.45) is 17.8 Å². The number of guanidine groups is 1. The fourth-order valence-corrected chi connectivity index (χ4v) is 2.44. The second-order valence-electron chi connectivity index (χ2n) is 5.02. The molecular weight excluding hydrogens is 266 g/mol. The Morgan fingerprint density at radius 1 is 1.48 bits per heavy atom. The summed E-state index contributed by atoms with van der Waals surface area (Å²) < 4.78 is 7.43. The number of aliphatic imine (C=N–C) groups is 1. The summed E-state index contributed by atoms with van der Waals surface area (Å²) in [5.41, 5.74) is 8.14. The van der Waals surface area contributed by atoms with Crippen LogP contribution in [0.1, 0.15) is 23.7 Å². The van der Waals surface area contributed by atoms with Gasteiger partial charge in [0.25, 0.3) is 0 Å². The smallest absolute Gasteiger partial charge is 0.189 e. The van der Waals surface area contributed by atoms with Gasteiger partial charge in [-0.05, 0) is 12.1 Å². The van der Waals surface area contributed by atoms with Gasteiger partial charge in [0, 0.05) is 25.2 Å². The molecule has 6 nitrogen and oxygen atoms in total. The van der Waals surface area contributed by atoms with Gasteiger partial charge in [0.05, 0.1) is 24.9 Å². The van der Waals surface area contributed by atoms with Crippen molar-refractivity contribution in [2.75, 3.05) is 6.61 Å². The Labute approximate surface area is 123 Å². The molecule has 1 aromatic heterocycles.